The fourth-order valence-corrected chi connectivity index (χ4v) is 5.48. The zero-order valence-electron chi connectivity index (χ0n) is 22.8. The number of nitrogens with zero attached hydrogens (tertiary/aromatic N) is 1. The maximum absolute atomic E-state index is 12.5. The Morgan fingerprint density at radius 1 is 0.952 bits per heavy atom. The summed E-state index contributed by atoms with van der Waals surface area (Å²) < 4.78 is 12.7. The summed E-state index contributed by atoms with van der Waals surface area (Å²) in [5.74, 6) is -1.31. The maximum Gasteiger partial charge on any atom is 0.338 e. The van der Waals surface area contributed by atoms with Gasteiger partial charge in [-0.2, -0.15) is 0 Å². The van der Waals surface area contributed by atoms with Gasteiger partial charge in [0.1, 0.15) is 5.03 Å². The molecule has 4 rings (SSSR count). The minimum atomic E-state index is -1.05. The summed E-state index contributed by atoms with van der Waals surface area (Å²) in [5, 5.41) is 30.8. The maximum atomic E-state index is 12.5. The van der Waals surface area contributed by atoms with Gasteiger partial charge in [-0.1, -0.05) is 36.4 Å². The van der Waals surface area contributed by atoms with Gasteiger partial charge in [-0.25, -0.2) is 15.3 Å². The summed E-state index contributed by atoms with van der Waals surface area (Å²) in [5.41, 5.74) is 4.66. The lowest BCUT2D eigenvalue weighted by molar-refractivity contribution is -0.245. The van der Waals surface area contributed by atoms with Crippen molar-refractivity contribution in [2.24, 2.45) is 0 Å². The highest BCUT2D eigenvalue weighted by atomic mass is 32.2. The number of rotatable bonds is 13. The SMILES string of the molecule is O=C(CCCCC(=O)Nc1cccc([C@@H]2O[C@H](CSc3ncccc3C(=O)O)C[C@H](c3ccc(CO)cc3)O2)c1)NO. The summed E-state index contributed by atoms with van der Waals surface area (Å²) in [6, 6.07) is 17.8. The van der Waals surface area contributed by atoms with E-state index >= 15 is 0 Å². The van der Waals surface area contributed by atoms with Crippen molar-refractivity contribution in [2.45, 2.75) is 62.2 Å². The average molecular weight is 596 g/mol. The number of unbranched alkanes of at least 4 members (excludes halogenated alkanes) is 1. The number of carboxylic acids is 1. The second kappa shape index (κ2) is 15.4. The van der Waals surface area contributed by atoms with E-state index in [-0.39, 0.29) is 43.1 Å². The van der Waals surface area contributed by atoms with Crippen LogP contribution < -0.4 is 10.8 Å². The first-order valence-corrected chi connectivity index (χ1v) is 14.5. The van der Waals surface area contributed by atoms with Gasteiger partial charge in [0, 0.05) is 42.5 Å². The van der Waals surface area contributed by atoms with Crippen LogP contribution in [0, 0.1) is 0 Å². The third kappa shape index (κ3) is 8.84. The van der Waals surface area contributed by atoms with Gasteiger partial charge >= 0.3 is 5.97 Å². The van der Waals surface area contributed by atoms with Crippen molar-refractivity contribution in [1.29, 1.82) is 0 Å². The molecule has 3 aromatic rings. The van der Waals surface area contributed by atoms with Gasteiger partial charge in [-0.15, -0.1) is 11.8 Å². The molecule has 2 heterocycles. The van der Waals surface area contributed by atoms with E-state index in [0.29, 0.717) is 41.3 Å². The number of benzene rings is 2. The molecule has 1 saturated heterocycles. The first-order valence-electron chi connectivity index (χ1n) is 13.5. The average Bonchev–Trinajstić information content (AvgIpc) is 3.02. The zero-order chi connectivity index (χ0) is 29.9. The number of ether oxygens (including phenoxy) is 2. The minimum absolute atomic E-state index is 0.0662. The predicted octanol–water partition coefficient (Wildman–Crippen LogP) is 4.61. The van der Waals surface area contributed by atoms with Crippen molar-refractivity contribution in [1.82, 2.24) is 10.5 Å². The molecular weight excluding hydrogens is 562 g/mol. The Kier molecular flexibility index (Phi) is 11.4. The van der Waals surface area contributed by atoms with Crippen molar-refractivity contribution >= 4 is 35.2 Å². The van der Waals surface area contributed by atoms with Gasteiger partial charge in [0.15, 0.2) is 6.29 Å². The third-order valence-electron chi connectivity index (χ3n) is 6.65. The molecule has 1 aliphatic heterocycles. The van der Waals surface area contributed by atoms with E-state index in [4.69, 9.17) is 14.7 Å². The number of aliphatic hydroxyl groups excluding tert-OH is 1. The predicted molar refractivity (Wildman–Crippen MR) is 154 cm³/mol. The molecule has 3 atom stereocenters. The topological polar surface area (TPSA) is 167 Å². The molecule has 2 aromatic carbocycles. The quantitative estimate of drug-likeness (QED) is 0.0814. The van der Waals surface area contributed by atoms with Crippen LogP contribution in [0.5, 0.6) is 0 Å². The van der Waals surface area contributed by atoms with E-state index < -0.39 is 18.2 Å². The lowest BCUT2D eigenvalue weighted by Gasteiger charge is -2.36. The third-order valence-corrected chi connectivity index (χ3v) is 7.78. The monoisotopic (exact) mass is 595 g/mol. The van der Waals surface area contributed by atoms with E-state index in [1.54, 1.807) is 35.9 Å². The summed E-state index contributed by atoms with van der Waals surface area (Å²) >= 11 is 1.31. The van der Waals surface area contributed by atoms with Crippen molar-refractivity contribution < 1.29 is 39.3 Å². The highest BCUT2D eigenvalue weighted by molar-refractivity contribution is 7.99. The van der Waals surface area contributed by atoms with Crippen LogP contribution in [-0.4, -0.2) is 50.0 Å². The highest BCUT2D eigenvalue weighted by Gasteiger charge is 2.32. The number of aliphatic hydroxyl groups is 1. The van der Waals surface area contributed by atoms with E-state index in [2.05, 4.69) is 10.3 Å². The Labute approximate surface area is 247 Å². The number of carboxylic acid groups (broad SMARTS) is 1. The largest absolute Gasteiger partial charge is 0.478 e. The van der Waals surface area contributed by atoms with Crippen LogP contribution in [0.2, 0.25) is 0 Å². The fraction of sp³-hybridized carbons (Fsp3) is 0.333. The number of hydrogen-bond donors (Lipinski definition) is 5. The minimum Gasteiger partial charge on any atom is -0.478 e. The molecule has 0 spiro atoms. The number of nitrogens with one attached hydrogen (secondary N) is 2. The molecule has 5 N–H and O–H groups in total. The Bertz CT molecular complexity index is 1370. The highest BCUT2D eigenvalue weighted by Crippen LogP contribution is 2.40. The lowest BCUT2D eigenvalue weighted by Crippen LogP contribution is -2.31. The lowest BCUT2D eigenvalue weighted by atomic mass is 10.0. The molecular formula is C30H33N3O8S. The first-order chi connectivity index (χ1) is 20.4. The number of hydrogen-bond acceptors (Lipinski definition) is 9. The molecule has 1 fully saturated rings. The molecule has 0 unspecified atom stereocenters. The van der Waals surface area contributed by atoms with Crippen molar-refractivity contribution in [3.05, 3.63) is 89.1 Å². The van der Waals surface area contributed by atoms with E-state index in [0.717, 1.165) is 11.1 Å². The molecule has 12 heteroatoms. The molecule has 0 saturated carbocycles. The van der Waals surface area contributed by atoms with Crippen molar-refractivity contribution in [3.63, 3.8) is 0 Å². The number of thioether (sulfide) groups is 1. The summed E-state index contributed by atoms with van der Waals surface area (Å²) in [6.45, 7) is -0.0662. The Balaban J connectivity index is 1.47. The molecule has 222 valence electrons. The second-order valence-corrected chi connectivity index (χ2v) is 10.7. The number of carbonyl (C=O) groups excluding carboxylic acids is 2. The van der Waals surface area contributed by atoms with Gasteiger partial charge in [-0.05, 0) is 48.2 Å². The molecule has 1 aliphatic rings. The summed E-state index contributed by atoms with van der Waals surface area (Å²) in [7, 11) is 0. The first kappa shape index (κ1) is 31.1. The number of amides is 2. The Hall–Kier alpha value is -3.81. The number of aromatic carboxylic acids is 1. The molecule has 42 heavy (non-hydrogen) atoms. The van der Waals surface area contributed by atoms with Gasteiger partial charge in [0.2, 0.25) is 11.8 Å². The molecule has 0 radical (unpaired) electrons. The van der Waals surface area contributed by atoms with Crippen LogP contribution in [0.4, 0.5) is 5.69 Å². The van der Waals surface area contributed by atoms with Crippen LogP contribution in [0.15, 0.2) is 71.9 Å². The second-order valence-electron chi connectivity index (χ2n) is 9.74. The smallest absolute Gasteiger partial charge is 0.338 e. The number of anilines is 1. The zero-order valence-corrected chi connectivity index (χ0v) is 23.6. The van der Waals surface area contributed by atoms with Crippen LogP contribution in [0.3, 0.4) is 0 Å². The van der Waals surface area contributed by atoms with Gasteiger partial charge in [0.25, 0.3) is 0 Å². The van der Waals surface area contributed by atoms with Crippen LogP contribution >= 0.6 is 11.8 Å². The molecule has 11 nitrogen and oxygen atoms in total. The number of pyridine rings is 1. The molecule has 1 aromatic heterocycles. The number of carbonyl (C=O) groups is 3. The van der Waals surface area contributed by atoms with Gasteiger partial charge < -0.3 is 25.0 Å². The van der Waals surface area contributed by atoms with Gasteiger partial charge in [-0.3, -0.25) is 14.8 Å². The van der Waals surface area contributed by atoms with E-state index in [1.165, 1.54) is 17.8 Å². The summed E-state index contributed by atoms with van der Waals surface area (Å²) in [6.07, 6.45) is 1.98. The Morgan fingerprint density at radius 2 is 1.71 bits per heavy atom. The van der Waals surface area contributed by atoms with Crippen molar-refractivity contribution in [3.8, 4) is 0 Å². The normalized spacial score (nSPS) is 18.3. The number of hydroxylamine groups is 1. The van der Waals surface area contributed by atoms with E-state index in [1.807, 2.05) is 30.3 Å². The molecule has 0 aliphatic carbocycles. The van der Waals surface area contributed by atoms with Crippen LogP contribution in [0.25, 0.3) is 0 Å². The Morgan fingerprint density at radius 3 is 2.43 bits per heavy atom. The molecule has 0 bridgehead atoms. The summed E-state index contributed by atoms with van der Waals surface area (Å²) in [4.78, 5) is 39.5. The van der Waals surface area contributed by atoms with Gasteiger partial charge in [0.05, 0.1) is 24.4 Å². The van der Waals surface area contributed by atoms with Crippen LogP contribution in [0.1, 0.15) is 71.5 Å². The molecule has 2 amide bonds. The fourth-order valence-electron chi connectivity index (χ4n) is 4.48. The standard InChI is InChI=1S/C30H33N3O8S/c34-17-19-10-12-20(13-11-19)25-16-23(18-42-28-24(29(37)38)7-4-14-31-28)40-30(41-25)21-5-3-6-22(15-21)32-26(35)8-1-2-9-27(36)33-39/h3-7,10-15,23,25,30,34,39H,1-2,8-9,16-18H2,(H,32,35)(H,33,36)(H,37,38)/t23-,25+,30+/m0/s1. The van der Waals surface area contributed by atoms with E-state index in [9.17, 15) is 24.6 Å². The number of aromatic nitrogens is 1. The van der Waals surface area contributed by atoms with Crippen LogP contribution in [-0.2, 0) is 25.7 Å². The van der Waals surface area contributed by atoms with Crippen molar-refractivity contribution in [2.75, 3.05) is 11.1 Å².